The summed E-state index contributed by atoms with van der Waals surface area (Å²) in [4.78, 5) is 12.1. The van der Waals surface area contributed by atoms with E-state index >= 15 is 8.78 Å². The van der Waals surface area contributed by atoms with Gasteiger partial charge in [0.25, 0.3) is 0 Å². The quantitative estimate of drug-likeness (QED) is 0.481. The molecule has 210 valence electrons. The summed E-state index contributed by atoms with van der Waals surface area (Å²) < 4.78 is 67.3. The van der Waals surface area contributed by atoms with Gasteiger partial charge in [0, 0.05) is 22.3 Å². The third kappa shape index (κ3) is 3.36. The summed E-state index contributed by atoms with van der Waals surface area (Å²) in [5.41, 5.74) is -6.16. The molecule has 1 aliphatic heterocycles. The maximum Gasteiger partial charge on any atom is 0.213 e. The van der Waals surface area contributed by atoms with E-state index in [0.717, 1.165) is 11.6 Å². The highest BCUT2D eigenvalue weighted by molar-refractivity contribution is 7.80. The van der Waals surface area contributed by atoms with Crippen molar-refractivity contribution in [3.63, 3.8) is 0 Å². The number of carbonyl (C=O) groups is 1. The molecule has 4 fully saturated rings. The Kier molecular flexibility index (Phi) is 5.89. The van der Waals surface area contributed by atoms with Gasteiger partial charge in [-0.2, -0.15) is 0 Å². The number of aliphatic hydroxyl groups excluding tert-OH is 1. The van der Waals surface area contributed by atoms with Crippen molar-refractivity contribution in [2.75, 3.05) is 0 Å². The Morgan fingerprint density at radius 3 is 2.54 bits per heavy atom. The minimum absolute atomic E-state index is 0.0985. The Morgan fingerprint density at radius 1 is 1.15 bits per heavy atom. The number of ketones is 1. The summed E-state index contributed by atoms with van der Waals surface area (Å²) >= 11 is 5.88. The second-order valence-corrected chi connectivity index (χ2v) is 13.0. The van der Waals surface area contributed by atoms with E-state index in [9.17, 15) is 14.3 Å². The van der Waals surface area contributed by atoms with Gasteiger partial charge in [-0.1, -0.05) is 43.3 Å². The summed E-state index contributed by atoms with van der Waals surface area (Å²) in [6, 6.07) is 9.50. The van der Waals surface area contributed by atoms with Crippen LogP contribution in [0, 0.1) is 22.7 Å². The second-order valence-electron chi connectivity index (χ2n) is 12.6. The van der Waals surface area contributed by atoms with Gasteiger partial charge >= 0.3 is 0 Å². The molecule has 0 bridgehead atoms. The number of allylic oxidation sites excluding steroid dienone is 4. The van der Waals surface area contributed by atoms with E-state index in [1.54, 1.807) is 13.8 Å². The lowest BCUT2D eigenvalue weighted by Crippen LogP contribution is -2.71. The number of ether oxygens (including phenoxy) is 3. The Balaban J connectivity index is 1.43. The van der Waals surface area contributed by atoms with Crippen LogP contribution in [-0.4, -0.2) is 51.4 Å². The average molecular weight is 563 g/mol. The van der Waals surface area contributed by atoms with Gasteiger partial charge in [-0.3, -0.25) is 4.79 Å². The number of rotatable bonds is 3. The van der Waals surface area contributed by atoms with E-state index < -0.39 is 75.3 Å². The number of fused-ring (bicyclic) bond motifs is 7. The second kappa shape index (κ2) is 8.47. The van der Waals surface area contributed by atoms with Crippen LogP contribution in [0.1, 0.15) is 52.5 Å². The Bertz CT molecular complexity index is 1300. The van der Waals surface area contributed by atoms with Crippen LogP contribution in [0.3, 0.4) is 0 Å². The first-order valence-corrected chi connectivity index (χ1v) is 13.9. The maximum atomic E-state index is 17.5. The van der Waals surface area contributed by atoms with E-state index in [0.29, 0.717) is 6.42 Å². The van der Waals surface area contributed by atoms with Crippen LogP contribution >= 0.6 is 12.2 Å². The maximum absolute atomic E-state index is 17.5. The molecule has 1 N–H and O–H groups in total. The standard InChI is InChI=1S/C30H33F3O5S/c1-26(2)37-22-13-17-18-12-19(31)23-24(32)20(34)10-11-27(23,3)29(18,33)21(35)14-28(17,4)30(22,38-26)25(39)36-15-16-8-6-5-7-9-16/h5-11,17-19,21-22,35H,12-15H2,1-4H3/t17-,18-,19-,21-,22+,27-,28-,29-,30-/m0/s1. The van der Waals surface area contributed by atoms with Crippen molar-refractivity contribution in [1.29, 1.82) is 0 Å². The molecule has 0 spiro atoms. The van der Waals surface area contributed by atoms with Gasteiger partial charge in [0.1, 0.15) is 12.8 Å². The Hall–Kier alpha value is -2.07. The van der Waals surface area contributed by atoms with Crippen molar-refractivity contribution in [2.45, 2.75) is 89.0 Å². The van der Waals surface area contributed by atoms with Crippen molar-refractivity contribution in [3.8, 4) is 0 Å². The third-order valence-electron chi connectivity index (χ3n) is 10.2. The fourth-order valence-electron chi connectivity index (χ4n) is 8.58. The van der Waals surface area contributed by atoms with Gasteiger partial charge in [-0.25, -0.2) is 13.2 Å². The van der Waals surface area contributed by atoms with Crippen LogP contribution in [0.5, 0.6) is 0 Å². The van der Waals surface area contributed by atoms with Crippen LogP contribution in [0.25, 0.3) is 0 Å². The van der Waals surface area contributed by atoms with Crippen molar-refractivity contribution in [2.24, 2.45) is 22.7 Å². The van der Waals surface area contributed by atoms with Crippen LogP contribution in [-0.2, 0) is 25.6 Å². The highest BCUT2D eigenvalue weighted by atomic mass is 32.1. The summed E-state index contributed by atoms with van der Waals surface area (Å²) in [5, 5.41) is 11.8. The van der Waals surface area contributed by atoms with Crippen LogP contribution in [0.2, 0.25) is 0 Å². The van der Waals surface area contributed by atoms with Crippen LogP contribution < -0.4 is 0 Å². The largest absolute Gasteiger partial charge is 0.479 e. The molecule has 0 aromatic heterocycles. The van der Waals surface area contributed by atoms with E-state index in [4.69, 9.17) is 26.4 Å². The van der Waals surface area contributed by atoms with Crippen molar-refractivity contribution in [1.82, 2.24) is 0 Å². The first kappa shape index (κ1) is 27.1. The molecule has 0 amide bonds. The molecule has 1 aromatic carbocycles. The third-order valence-corrected chi connectivity index (χ3v) is 10.6. The fourth-order valence-corrected chi connectivity index (χ4v) is 9.04. The van der Waals surface area contributed by atoms with Crippen LogP contribution in [0.4, 0.5) is 13.2 Å². The summed E-state index contributed by atoms with van der Waals surface area (Å²) in [6.45, 7) is 6.99. The highest BCUT2D eigenvalue weighted by Crippen LogP contribution is 2.73. The number of hydrogen-bond donors (Lipinski definition) is 1. The van der Waals surface area contributed by atoms with Gasteiger partial charge in [0.2, 0.25) is 5.78 Å². The number of benzene rings is 1. The number of alkyl halides is 2. The van der Waals surface area contributed by atoms with Gasteiger partial charge in [-0.15, -0.1) is 0 Å². The number of aliphatic hydroxyl groups is 1. The van der Waals surface area contributed by atoms with E-state index in [1.165, 1.54) is 13.0 Å². The number of hydrogen-bond acceptors (Lipinski definition) is 6. The summed E-state index contributed by atoms with van der Waals surface area (Å²) in [5.74, 6) is -4.83. The first-order valence-electron chi connectivity index (χ1n) is 13.4. The molecule has 9 atom stereocenters. The lowest BCUT2D eigenvalue weighted by atomic mass is 9.44. The van der Waals surface area contributed by atoms with Crippen LogP contribution in [0.15, 0.2) is 53.9 Å². The number of halogens is 3. The predicted octanol–water partition coefficient (Wildman–Crippen LogP) is 5.65. The molecule has 9 heteroatoms. The van der Waals surface area contributed by atoms with Gasteiger partial charge in [0.15, 0.2) is 27.9 Å². The lowest BCUT2D eigenvalue weighted by molar-refractivity contribution is -0.241. The summed E-state index contributed by atoms with van der Waals surface area (Å²) in [6.07, 6.45) is -2.13. The zero-order valence-corrected chi connectivity index (χ0v) is 23.2. The monoisotopic (exact) mass is 562 g/mol. The number of carbonyl (C=O) groups excluding carboxylic acids is 1. The lowest BCUT2D eigenvalue weighted by Gasteiger charge is -2.63. The van der Waals surface area contributed by atoms with E-state index in [-0.39, 0.29) is 24.5 Å². The van der Waals surface area contributed by atoms with E-state index in [1.807, 2.05) is 37.3 Å². The van der Waals surface area contributed by atoms with Gasteiger partial charge in [0.05, 0.1) is 12.2 Å². The van der Waals surface area contributed by atoms with E-state index in [2.05, 4.69) is 0 Å². The number of thiocarbonyl (C=S) groups is 1. The van der Waals surface area contributed by atoms with Crippen molar-refractivity contribution >= 4 is 23.1 Å². The molecule has 4 aliphatic carbocycles. The smallest absolute Gasteiger partial charge is 0.213 e. The average Bonchev–Trinajstić information content (AvgIpc) is 3.28. The summed E-state index contributed by atoms with van der Waals surface area (Å²) in [7, 11) is 0. The minimum atomic E-state index is -2.43. The molecule has 0 unspecified atom stereocenters. The van der Waals surface area contributed by atoms with Gasteiger partial charge in [-0.05, 0) is 69.8 Å². The van der Waals surface area contributed by atoms with Gasteiger partial charge < -0.3 is 19.3 Å². The molecule has 1 heterocycles. The molecule has 5 aliphatic rings. The molecule has 1 aromatic rings. The fraction of sp³-hybridized carbons (Fsp3) is 0.600. The predicted molar refractivity (Wildman–Crippen MR) is 141 cm³/mol. The zero-order valence-electron chi connectivity index (χ0n) is 22.4. The highest BCUT2D eigenvalue weighted by Gasteiger charge is 2.80. The Morgan fingerprint density at radius 2 is 1.85 bits per heavy atom. The Labute approximate surface area is 231 Å². The molecule has 3 saturated carbocycles. The topological polar surface area (TPSA) is 65.0 Å². The normalized spacial score (nSPS) is 45.8. The van der Waals surface area contributed by atoms with Crippen molar-refractivity contribution in [3.05, 3.63) is 59.4 Å². The molecule has 1 saturated heterocycles. The molecule has 5 nitrogen and oxygen atoms in total. The SMILES string of the molecule is CC1(C)O[C@@H]2C[C@H]3[C@@H]4C[C@H](F)C5=C(F)C(=O)C=C[C@]5(C)[C@@]4(F)[C@@H](O)C[C@]3(C)[C@]2(C(=S)OCc2ccccc2)O1. The van der Waals surface area contributed by atoms with Crippen molar-refractivity contribution < 1.29 is 37.3 Å². The zero-order chi connectivity index (χ0) is 28.2. The minimum Gasteiger partial charge on any atom is -0.479 e. The molecule has 6 rings (SSSR count). The molecule has 0 radical (unpaired) electrons. The molecular weight excluding hydrogens is 529 g/mol. The molecule has 39 heavy (non-hydrogen) atoms. The molecular formula is C30H33F3O5S. The first-order chi connectivity index (χ1) is 18.2.